The molecule has 3 heterocycles. The Labute approximate surface area is 187 Å². The first-order valence-corrected chi connectivity index (χ1v) is 10.8. The molecule has 2 aliphatic rings. The van der Waals surface area contributed by atoms with Gasteiger partial charge in [0.05, 0.1) is 26.9 Å². The smallest absolute Gasteiger partial charge is 0.260 e. The van der Waals surface area contributed by atoms with Gasteiger partial charge in [0.25, 0.3) is 5.91 Å². The van der Waals surface area contributed by atoms with Gasteiger partial charge in [-0.3, -0.25) is 14.5 Å². The van der Waals surface area contributed by atoms with Crippen molar-refractivity contribution < 1.29 is 23.4 Å². The first kappa shape index (κ1) is 22.2. The second kappa shape index (κ2) is 10.5. The highest BCUT2D eigenvalue weighted by atomic mass is 16.5. The molecule has 32 heavy (non-hydrogen) atoms. The Bertz CT molecular complexity index is 947. The van der Waals surface area contributed by atoms with Gasteiger partial charge in [0.1, 0.15) is 17.8 Å². The molecule has 2 fully saturated rings. The van der Waals surface area contributed by atoms with Gasteiger partial charge in [-0.25, -0.2) is 0 Å². The van der Waals surface area contributed by atoms with Crippen LogP contribution in [0.25, 0.3) is 0 Å². The van der Waals surface area contributed by atoms with Crippen molar-refractivity contribution >= 4 is 11.6 Å². The fourth-order valence-corrected chi connectivity index (χ4v) is 3.85. The second-order valence-corrected chi connectivity index (χ2v) is 7.82. The number of amides is 1. The SMILES string of the molecule is COc1ccc(N2CCN(Cc3cc(=O)c(OCC(=O)N4CCOCC4)co3)CC2)cc1. The molecule has 2 aliphatic heterocycles. The first-order chi connectivity index (χ1) is 15.6. The van der Waals surface area contributed by atoms with Crippen LogP contribution < -0.4 is 19.8 Å². The summed E-state index contributed by atoms with van der Waals surface area (Å²) in [6.07, 6.45) is 1.30. The number of piperazine rings is 1. The van der Waals surface area contributed by atoms with Gasteiger partial charge in [0, 0.05) is 51.0 Å². The summed E-state index contributed by atoms with van der Waals surface area (Å²) in [5.41, 5.74) is 0.892. The second-order valence-electron chi connectivity index (χ2n) is 7.82. The highest BCUT2D eigenvalue weighted by Crippen LogP contribution is 2.21. The molecule has 0 saturated carbocycles. The van der Waals surface area contributed by atoms with Crippen LogP contribution in [0.15, 0.2) is 45.8 Å². The van der Waals surface area contributed by atoms with Crippen LogP contribution in [0.3, 0.4) is 0 Å². The summed E-state index contributed by atoms with van der Waals surface area (Å²) in [4.78, 5) is 30.8. The number of ether oxygens (including phenoxy) is 3. The molecule has 9 nitrogen and oxygen atoms in total. The number of rotatable bonds is 7. The Morgan fingerprint density at radius 2 is 1.75 bits per heavy atom. The molecule has 0 aliphatic carbocycles. The van der Waals surface area contributed by atoms with E-state index in [1.54, 1.807) is 12.0 Å². The molecule has 0 spiro atoms. The number of anilines is 1. The van der Waals surface area contributed by atoms with E-state index in [4.69, 9.17) is 18.6 Å². The Kier molecular flexibility index (Phi) is 7.28. The molecular formula is C23H29N3O6. The molecule has 0 atom stereocenters. The van der Waals surface area contributed by atoms with Gasteiger partial charge in [-0.2, -0.15) is 0 Å². The lowest BCUT2D eigenvalue weighted by Gasteiger charge is -2.35. The van der Waals surface area contributed by atoms with E-state index < -0.39 is 0 Å². The third-order valence-corrected chi connectivity index (χ3v) is 5.76. The summed E-state index contributed by atoms with van der Waals surface area (Å²) < 4.78 is 21.5. The fraction of sp³-hybridized carbons (Fsp3) is 0.478. The Hall–Kier alpha value is -3.04. The Morgan fingerprint density at radius 3 is 2.41 bits per heavy atom. The molecule has 9 heteroatoms. The van der Waals surface area contributed by atoms with Crippen LogP contribution >= 0.6 is 0 Å². The number of benzene rings is 1. The zero-order chi connectivity index (χ0) is 22.3. The summed E-state index contributed by atoms with van der Waals surface area (Å²) in [5.74, 6) is 1.33. The molecule has 1 amide bonds. The molecule has 0 radical (unpaired) electrons. The van der Waals surface area contributed by atoms with Crippen molar-refractivity contribution in [1.82, 2.24) is 9.80 Å². The lowest BCUT2D eigenvalue weighted by Crippen LogP contribution is -2.46. The van der Waals surface area contributed by atoms with E-state index in [0.29, 0.717) is 38.6 Å². The van der Waals surface area contributed by atoms with Crippen LogP contribution in [0.1, 0.15) is 5.76 Å². The topological polar surface area (TPSA) is 84.7 Å². The van der Waals surface area contributed by atoms with Crippen molar-refractivity contribution in [2.45, 2.75) is 6.54 Å². The van der Waals surface area contributed by atoms with Gasteiger partial charge in [0.15, 0.2) is 6.61 Å². The zero-order valence-electron chi connectivity index (χ0n) is 18.3. The minimum Gasteiger partial charge on any atom is -0.497 e. The molecule has 2 aromatic rings. The van der Waals surface area contributed by atoms with E-state index >= 15 is 0 Å². The van der Waals surface area contributed by atoms with Gasteiger partial charge >= 0.3 is 0 Å². The van der Waals surface area contributed by atoms with Crippen LogP contribution in [0.4, 0.5) is 5.69 Å². The maximum atomic E-state index is 12.4. The minimum absolute atomic E-state index is 0.0553. The summed E-state index contributed by atoms with van der Waals surface area (Å²) in [7, 11) is 1.66. The van der Waals surface area contributed by atoms with Crippen LogP contribution in [0.2, 0.25) is 0 Å². The van der Waals surface area contributed by atoms with Gasteiger partial charge in [-0.05, 0) is 24.3 Å². The van der Waals surface area contributed by atoms with Crippen molar-refractivity contribution in [3.05, 3.63) is 52.6 Å². The first-order valence-electron chi connectivity index (χ1n) is 10.8. The van der Waals surface area contributed by atoms with Crippen molar-refractivity contribution in [3.8, 4) is 11.5 Å². The van der Waals surface area contributed by atoms with Crippen LogP contribution in [0.5, 0.6) is 11.5 Å². The average Bonchev–Trinajstić information content (AvgIpc) is 2.84. The van der Waals surface area contributed by atoms with E-state index in [1.165, 1.54) is 18.0 Å². The monoisotopic (exact) mass is 443 g/mol. The maximum Gasteiger partial charge on any atom is 0.260 e. The van der Waals surface area contributed by atoms with Gasteiger partial charge in [0.2, 0.25) is 11.2 Å². The minimum atomic E-state index is -0.280. The lowest BCUT2D eigenvalue weighted by molar-refractivity contribution is -0.137. The Morgan fingerprint density at radius 1 is 1.03 bits per heavy atom. The number of hydrogen-bond acceptors (Lipinski definition) is 8. The van der Waals surface area contributed by atoms with E-state index in [-0.39, 0.29) is 23.7 Å². The predicted octanol–water partition coefficient (Wildman–Crippen LogP) is 1.21. The highest BCUT2D eigenvalue weighted by molar-refractivity contribution is 5.77. The molecule has 0 N–H and O–H groups in total. The van der Waals surface area contributed by atoms with Crippen molar-refractivity contribution in [3.63, 3.8) is 0 Å². The zero-order valence-corrected chi connectivity index (χ0v) is 18.3. The number of morpholine rings is 1. The number of methoxy groups -OCH3 is 1. The number of carbonyl (C=O) groups excluding carboxylic acids is 1. The van der Waals surface area contributed by atoms with E-state index in [9.17, 15) is 9.59 Å². The quantitative estimate of drug-likeness (QED) is 0.632. The average molecular weight is 444 g/mol. The number of nitrogens with zero attached hydrogens (tertiary/aromatic N) is 3. The van der Waals surface area contributed by atoms with E-state index in [0.717, 1.165) is 31.9 Å². The van der Waals surface area contributed by atoms with Crippen molar-refractivity contribution in [2.24, 2.45) is 0 Å². The lowest BCUT2D eigenvalue weighted by atomic mass is 10.2. The summed E-state index contributed by atoms with van der Waals surface area (Å²) in [5, 5.41) is 0. The third kappa shape index (κ3) is 5.60. The Balaban J connectivity index is 1.25. The highest BCUT2D eigenvalue weighted by Gasteiger charge is 2.20. The molecule has 0 unspecified atom stereocenters. The predicted molar refractivity (Wildman–Crippen MR) is 118 cm³/mol. The third-order valence-electron chi connectivity index (χ3n) is 5.76. The molecule has 0 bridgehead atoms. The molecule has 1 aromatic carbocycles. The molecular weight excluding hydrogens is 414 g/mol. The van der Waals surface area contributed by atoms with Gasteiger partial charge < -0.3 is 28.4 Å². The van der Waals surface area contributed by atoms with Crippen molar-refractivity contribution in [2.75, 3.05) is 71.1 Å². The standard InChI is InChI=1S/C23H29N3O6/c1-29-19-4-2-18(3-5-19)25-8-6-24(7-9-25)15-20-14-21(27)22(16-31-20)32-17-23(28)26-10-12-30-13-11-26/h2-5,14,16H,6-13,15,17H2,1H3. The van der Waals surface area contributed by atoms with E-state index in [1.807, 2.05) is 12.1 Å². The van der Waals surface area contributed by atoms with E-state index in [2.05, 4.69) is 21.9 Å². The molecule has 1 aromatic heterocycles. The van der Waals surface area contributed by atoms with Crippen LogP contribution in [-0.2, 0) is 16.1 Å². The van der Waals surface area contributed by atoms with Crippen LogP contribution in [-0.4, -0.2) is 81.9 Å². The van der Waals surface area contributed by atoms with Gasteiger partial charge in [-0.15, -0.1) is 0 Å². The summed E-state index contributed by atoms with van der Waals surface area (Å²) in [6, 6.07) is 9.51. The normalized spacial score (nSPS) is 17.3. The van der Waals surface area contributed by atoms with Gasteiger partial charge in [-0.1, -0.05) is 0 Å². The number of hydrogen-bond donors (Lipinski definition) is 0. The molecule has 4 rings (SSSR count). The van der Waals surface area contributed by atoms with Crippen LogP contribution in [0, 0.1) is 0 Å². The largest absolute Gasteiger partial charge is 0.497 e. The fourth-order valence-electron chi connectivity index (χ4n) is 3.85. The molecule has 2 saturated heterocycles. The molecule has 172 valence electrons. The summed E-state index contributed by atoms with van der Waals surface area (Å²) in [6.45, 7) is 6.01. The number of carbonyl (C=O) groups is 1. The maximum absolute atomic E-state index is 12.4. The van der Waals surface area contributed by atoms with Crippen molar-refractivity contribution in [1.29, 1.82) is 0 Å². The summed E-state index contributed by atoms with van der Waals surface area (Å²) >= 11 is 0.